The Morgan fingerprint density at radius 1 is 1.29 bits per heavy atom. The molecule has 2 heteroatoms. The number of rotatable bonds is 3. The molecule has 1 aromatic rings. The molecule has 0 aliphatic heterocycles. The smallest absolute Gasteiger partial charge is 0.144 e. The molecule has 2 atom stereocenters. The minimum atomic E-state index is 0.0176. The lowest BCUT2D eigenvalue weighted by Gasteiger charge is -2.12. The number of hydrogen-bond donors (Lipinski definition) is 1. The molecule has 0 amide bonds. The van der Waals surface area contributed by atoms with E-state index in [1.165, 1.54) is 16.7 Å². The molecule has 0 radical (unpaired) electrons. The summed E-state index contributed by atoms with van der Waals surface area (Å²) in [7, 11) is 0. The van der Waals surface area contributed by atoms with Gasteiger partial charge in [-0.15, -0.1) is 0 Å². The fourth-order valence-electron chi connectivity index (χ4n) is 2.40. The summed E-state index contributed by atoms with van der Waals surface area (Å²) in [6.45, 7) is 4.12. The molecule has 17 heavy (non-hydrogen) atoms. The van der Waals surface area contributed by atoms with Gasteiger partial charge in [-0.05, 0) is 37.0 Å². The third-order valence-electron chi connectivity index (χ3n) is 3.53. The van der Waals surface area contributed by atoms with Gasteiger partial charge >= 0.3 is 0 Å². The molecule has 2 rings (SSSR count). The summed E-state index contributed by atoms with van der Waals surface area (Å²) < 4.78 is 0. The van der Waals surface area contributed by atoms with Crippen molar-refractivity contribution < 1.29 is 4.79 Å². The number of benzene rings is 1. The lowest BCUT2D eigenvalue weighted by Crippen LogP contribution is -2.20. The highest BCUT2D eigenvalue weighted by atomic mass is 16.1. The van der Waals surface area contributed by atoms with E-state index in [-0.39, 0.29) is 17.7 Å². The Morgan fingerprint density at radius 3 is 2.47 bits per heavy atom. The highest BCUT2D eigenvalue weighted by Gasteiger charge is 2.23. The summed E-state index contributed by atoms with van der Waals surface area (Å²) in [5, 5.41) is 0. The lowest BCUT2D eigenvalue weighted by atomic mass is 9.92. The fraction of sp³-hybridized carbons (Fsp3) is 0.400. The molecule has 0 bridgehead atoms. The molecule has 0 aromatic heterocycles. The second-order valence-electron chi connectivity index (χ2n) is 4.90. The average Bonchev–Trinajstić information content (AvgIpc) is 2.70. The maximum atomic E-state index is 12.2. The molecule has 1 aromatic carbocycles. The molecule has 0 spiro atoms. The molecule has 2 N–H and O–H groups in total. The Hall–Kier alpha value is -1.41. The van der Waals surface area contributed by atoms with Crippen molar-refractivity contribution in [3.05, 3.63) is 47.0 Å². The second kappa shape index (κ2) is 4.84. The zero-order valence-electron chi connectivity index (χ0n) is 10.4. The quantitative estimate of drug-likeness (QED) is 0.808. The van der Waals surface area contributed by atoms with Gasteiger partial charge < -0.3 is 5.73 Å². The van der Waals surface area contributed by atoms with Crippen LogP contribution in [0.25, 0.3) is 0 Å². The normalized spacial score (nSPS) is 23.0. The Bertz CT molecular complexity index is 442. The summed E-state index contributed by atoms with van der Waals surface area (Å²) in [6, 6.07) is 6.21. The summed E-state index contributed by atoms with van der Waals surface area (Å²) in [4.78, 5) is 12.2. The van der Waals surface area contributed by atoms with Crippen LogP contribution in [-0.4, -0.2) is 11.8 Å². The predicted molar refractivity (Wildman–Crippen MR) is 69.8 cm³/mol. The Labute approximate surface area is 103 Å². The second-order valence-corrected chi connectivity index (χ2v) is 4.90. The first-order valence-electron chi connectivity index (χ1n) is 6.09. The summed E-state index contributed by atoms with van der Waals surface area (Å²) in [6.07, 6.45) is 5.19. The van der Waals surface area contributed by atoms with E-state index in [0.29, 0.717) is 6.42 Å². The monoisotopic (exact) mass is 229 g/mol. The van der Waals surface area contributed by atoms with Crippen LogP contribution in [0.3, 0.4) is 0 Å². The van der Waals surface area contributed by atoms with Crippen molar-refractivity contribution in [3.63, 3.8) is 0 Å². The van der Waals surface area contributed by atoms with Crippen molar-refractivity contribution in [2.45, 2.75) is 32.7 Å². The molecular formula is C15H19NO. The van der Waals surface area contributed by atoms with E-state index >= 15 is 0 Å². The van der Waals surface area contributed by atoms with Crippen LogP contribution < -0.4 is 5.73 Å². The van der Waals surface area contributed by atoms with Crippen LogP contribution in [0.4, 0.5) is 0 Å². The zero-order chi connectivity index (χ0) is 12.4. The summed E-state index contributed by atoms with van der Waals surface area (Å²) in [5.74, 6) is 0.301. The van der Waals surface area contributed by atoms with Gasteiger partial charge in [0.25, 0.3) is 0 Å². The SMILES string of the molecule is Cc1cccc(C)c1CC(=O)C1C=CC(N)C1. The highest BCUT2D eigenvalue weighted by Crippen LogP contribution is 2.21. The summed E-state index contributed by atoms with van der Waals surface area (Å²) in [5.41, 5.74) is 9.35. The maximum absolute atomic E-state index is 12.2. The number of hydrogen-bond acceptors (Lipinski definition) is 2. The van der Waals surface area contributed by atoms with Crippen LogP contribution >= 0.6 is 0 Å². The third-order valence-corrected chi connectivity index (χ3v) is 3.53. The molecule has 0 fully saturated rings. The van der Waals surface area contributed by atoms with Gasteiger partial charge in [-0.2, -0.15) is 0 Å². The topological polar surface area (TPSA) is 43.1 Å². The first-order valence-corrected chi connectivity index (χ1v) is 6.09. The highest BCUT2D eigenvalue weighted by molar-refractivity contribution is 5.85. The van der Waals surface area contributed by atoms with E-state index in [2.05, 4.69) is 26.0 Å². The molecular weight excluding hydrogens is 210 g/mol. The van der Waals surface area contributed by atoms with Gasteiger partial charge in [-0.3, -0.25) is 4.79 Å². The molecule has 0 saturated heterocycles. The lowest BCUT2D eigenvalue weighted by molar-refractivity contribution is -0.120. The number of ketones is 1. The van der Waals surface area contributed by atoms with Crippen molar-refractivity contribution in [1.29, 1.82) is 0 Å². The van der Waals surface area contributed by atoms with Gasteiger partial charge in [-0.1, -0.05) is 30.4 Å². The van der Waals surface area contributed by atoms with Gasteiger partial charge in [0.2, 0.25) is 0 Å². The predicted octanol–water partition coefficient (Wildman–Crippen LogP) is 2.32. The fourth-order valence-corrected chi connectivity index (χ4v) is 2.40. The Kier molecular flexibility index (Phi) is 3.43. The van der Waals surface area contributed by atoms with Crippen molar-refractivity contribution in [2.75, 3.05) is 0 Å². The van der Waals surface area contributed by atoms with Gasteiger partial charge in [0.1, 0.15) is 5.78 Å². The first kappa shape index (κ1) is 12.1. The largest absolute Gasteiger partial charge is 0.324 e. The molecule has 1 aliphatic rings. The third kappa shape index (κ3) is 2.64. The van der Waals surface area contributed by atoms with Crippen LogP contribution in [0.2, 0.25) is 0 Å². The van der Waals surface area contributed by atoms with E-state index in [1.807, 2.05) is 18.2 Å². The molecule has 2 unspecified atom stereocenters. The van der Waals surface area contributed by atoms with Crippen LogP contribution in [0, 0.1) is 19.8 Å². The maximum Gasteiger partial charge on any atom is 0.144 e. The van der Waals surface area contributed by atoms with E-state index in [4.69, 9.17) is 5.73 Å². The van der Waals surface area contributed by atoms with E-state index < -0.39 is 0 Å². The average molecular weight is 229 g/mol. The van der Waals surface area contributed by atoms with Crippen molar-refractivity contribution in [2.24, 2.45) is 11.7 Å². The standard InChI is InChI=1S/C15H19NO/c1-10-4-3-5-11(2)14(10)9-15(17)12-6-7-13(16)8-12/h3-7,12-13H,8-9,16H2,1-2H3. The Balaban J connectivity index is 2.11. The minimum absolute atomic E-state index is 0.0176. The molecule has 0 heterocycles. The van der Waals surface area contributed by atoms with Crippen LogP contribution in [0.5, 0.6) is 0 Å². The Morgan fingerprint density at radius 2 is 1.94 bits per heavy atom. The number of carbonyl (C=O) groups is 1. The van der Waals surface area contributed by atoms with Crippen LogP contribution in [0.1, 0.15) is 23.1 Å². The number of allylic oxidation sites excluding steroid dienone is 1. The van der Waals surface area contributed by atoms with E-state index in [9.17, 15) is 4.79 Å². The molecule has 90 valence electrons. The van der Waals surface area contributed by atoms with Crippen molar-refractivity contribution in [3.8, 4) is 0 Å². The van der Waals surface area contributed by atoms with E-state index in [0.717, 1.165) is 6.42 Å². The molecule has 1 aliphatic carbocycles. The number of Topliss-reactive ketones (excluding diaryl/α,β-unsaturated/α-hetero) is 1. The van der Waals surface area contributed by atoms with Crippen molar-refractivity contribution >= 4 is 5.78 Å². The first-order chi connectivity index (χ1) is 8.08. The zero-order valence-corrected chi connectivity index (χ0v) is 10.4. The van der Waals surface area contributed by atoms with Gasteiger partial charge in [0.05, 0.1) is 0 Å². The summed E-state index contributed by atoms with van der Waals surface area (Å²) >= 11 is 0. The van der Waals surface area contributed by atoms with Gasteiger partial charge in [-0.25, -0.2) is 0 Å². The van der Waals surface area contributed by atoms with Gasteiger partial charge in [0, 0.05) is 18.4 Å². The number of nitrogens with two attached hydrogens (primary N) is 1. The van der Waals surface area contributed by atoms with E-state index in [1.54, 1.807) is 0 Å². The molecule has 2 nitrogen and oxygen atoms in total. The van der Waals surface area contributed by atoms with Crippen LogP contribution in [0.15, 0.2) is 30.4 Å². The molecule has 0 saturated carbocycles. The number of carbonyl (C=O) groups excluding carboxylic acids is 1. The van der Waals surface area contributed by atoms with Crippen LogP contribution in [-0.2, 0) is 11.2 Å². The minimum Gasteiger partial charge on any atom is -0.324 e. The van der Waals surface area contributed by atoms with Gasteiger partial charge in [0.15, 0.2) is 0 Å². The van der Waals surface area contributed by atoms with Crippen molar-refractivity contribution in [1.82, 2.24) is 0 Å². The number of aryl methyl sites for hydroxylation is 2.